The van der Waals surface area contributed by atoms with E-state index in [2.05, 4.69) is 9.64 Å². The van der Waals surface area contributed by atoms with Gasteiger partial charge in [-0.1, -0.05) is 12.8 Å². The summed E-state index contributed by atoms with van der Waals surface area (Å²) in [7, 11) is 1.38. The van der Waals surface area contributed by atoms with Crippen LogP contribution in [0.1, 0.15) is 36.0 Å². The van der Waals surface area contributed by atoms with Gasteiger partial charge in [-0.25, -0.2) is 4.79 Å². The van der Waals surface area contributed by atoms with E-state index < -0.39 is 0 Å². The van der Waals surface area contributed by atoms with E-state index in [1.807, 2.05) is 12.1 Å². The predicted octanol–water partition coefficient (Wildman–Crippen LogP) is 2.50. The molecule has 0 spiro atoms. The van der Waals surface area contributed by atoms with Crippen LogP contribution < -0.4 is 4.74 Å². The van der Waals surface area contributed by atoms with E-state index in [1.54, 1.807) is 12.1 Å². The van der Waals surface area contributed by atoms with Gasteiger partial charge in [0.2, 0.25) is 0 Å². The first-order valence-corrected chi connectivity index (χ1v) is 8.45. The molecular formula is C18H25NO4. The number of ether oxygens (including phenoxy) is 3. The molecule has 5 heteroatoms. The summed E-state index contributed by atoms with van der Waals surface area (Å²) < 4.78 is 16.4. The molecule has 0 radical (unpaired) electrons. The van der Waals surface area contributed by atoms with Gasteiger partial charge in [0.1, 0.15) is 12.4 Å². The Morgan fingerprint density at radius 2 is 2.04 bits per heavy atom. The van der Waals surface area contributed by atoms with Crippen molar-refractivity contribution in [2.24, 2.45) is 0 Å². The second kappa shape index (κ2) is 7.79. The molecule has 0 aromatic heterocycles. The lowest BCUT2D eigenvalue weighted by atomic mass is 9.90. The van der Waals surface area contributed by atoms with Crippen LogP contribution >= 0.6 is 0 Å². The molecule has 1 aliphatic heterocycles. The largest absolute Gasteiger partial charge is 0.492 e. The third-order valence-corrected chi connectivity index (χ3v) is 4.77. The Kier molecular flexibility index (Phi) is 5.51. The molecule has 1 saturated heterocycles. The summed E-state index contributed by atoms with van der Waals surface area (Å²) in [5, 5.41) is 0. The van der Waals surface area contributed by atoms with Crippen molar-refractivity contribution in [1.82, 2.24) is 4.90 Å². The van der Waals surface area contributed by atoms with Crippen LogP contribution in [0.3, 0.4) is 0 Å². The predicted molar refractivity (Wildman–Crippen MR) is 86.8 cm³/mol. The topological polar surface area (TPSA) is 48.0 Å². The first kappa shape index (κ1) is 16.3. The van der Waals surface area contributed by atoms with Gasteiger partial charge < -0.3 is 14.2 Å². The van der Waals surface area contributed by atoms with Gasteiger partial charge in [-0.3, -0.25) is 4.90 Å². The molecule has 1 aromatic rings. The molecule has 1 heterocycles. The highest BCUT2D eigenvalue weighted by atomic mass is 16.5. The molecule has 0 amide bonds. The molecule has 2 aliphatic rings. The molecule has 3 rings (SSSR count). The second-order valence-corrected chi connectivity index (χ2v) is 6.16. The lowest BCUT2D eigenvalue weighted by molar-refractivity contribution is -0.0901. The van der Waals surface area contributed by atoms with Crippen molar-refractivity contribution < 1.29 is 19.0 Å². The van der Waals surface area contributed by atoms with Gasteiger partial charge in [0.05, 0.1) is 25.4 Å². The highest BCUT2D eigenvalue weighted by molar-refractivity contribution is 5.89. The first-order valence-electron chi connectivity index (χ1n) is 8.45. The van der Waals surface area contributed by atoms with Gasteiger partial charge in [-0.2, -0.15) is 0 Å². The lowest BCUT2D eigenvalue weighted by Gasteiger charge is -2.43. The average Bonchev–Trinajstić information content (AvgIpc) is 2.62. The molecule has 0 bridgehead atoms. The van der Waals surface area contributed by atoms with Crippen LogP contribution in [0.2, 0.25) is 0 Å². The van der Waals surface area contributed by atoms with Crippen molar-refractivity contribution in [3.05, 3.63) is 29.8 Å². The molecule has 126 valence electrons. The maximum atomic E-state index is 11.4. The molecule has 1 saturated carbocycles. The van der Waals surface area contributed by atoms with E-state index >= 15 is 0 Å². The number of methoxy groups -OCH3 is 1. The number of rotatable bonds is 5. The van der Waals surface area contributed by atoms with Gasteiger partial charge in [-0.15, -0.1) is 0 Å². The van der Waals surface area contributed by atoms with Crippen molar-refractivity contribution in [3.63, 3.8) is 0 Å². The maximum absolute atomic E-state index is 11.4. The monoisotopic (exact) mass is 319 g/mol. The second-order valence-electron chi connectivity index (χ2n) is 6.16. The number of morpholine rings is 1. The summed E-state index contributed by atoms with van der Waals surface area (Å²) >= 11 is 0. The minimum absolute atomic E-state index is 0.326. The Morgan fingerprint density at radius 3 is 2.83 bits per heavy atom. The summed E-state index contributed by atoms with van der Waals surface area (Å²) in [5.74, 6) is 0.458. The number of esters is 1. The van der Waals surface area contributed by atoms with E-state index in [0.29, 0.717) is 24.3 Å². The van der Waals surface area contributed by atoms with Crippen molar-refractivity contribution in [2.75, 3.05) is 33.4 Å². The SMILES string of the molecule is COC(=O)c1ccc(OCCN2CCO[C@@H]3CCCC[C@@H]32)cc1. The Labute approximate surface area is 137 Å². The fourth-order valence-corrected chi connectivity index (χ4v) is 3.54. The van der Waals surface area contributed by atoms with Crippen LogP contribution in [0.4, 0.5) is 0 Å². The molecule has 2 atom stereocenters. The van der Waals surface area contributed by atoms with E-state index in [1.165, 1.54) is 32.8 Å². The van der Waals surface area contributed by atoms with E-state index in [4.69, 9.17) is 9.47 Å². The smallest absolute Gasteiger partial charge is 0.337 e. The zero-order chi connectivity index (χ0) is 16.1. The van der Waals surface area contributed by atoms with Crippen molar-refractivity contribution >= 4 is 5.97 Å². The molecule has 23 heavy (non-hydrogen) atoms. The Bertz CT molecular complexity index is 514. The van der Waals surface area contributed by atoms with Gasteiger partial charge >= 0.3 is 5.97 Å². The number of nitrogens with zero attached hydrogens (tertiary/aromatic N) is 1. The number of hydrogen-bond donors (Lipinski definition) is 0. The zero-order valence-corrected chi connectivity index (χ0v) is 13.7. The van der Waals surface area contributed by atoms with Crippen molar-refractivity contribution in [1.29, 1.82) is 0 Å². The molecule has 0 unspecified atom stereocenters. The van der Waals surface area contributed by atoms with Crippen LogP contribution in [-0.4, -0.2) is 56.4 Å². The quantitative estimate of drug-likeness (QED) is 0.781. The Hall–Kier alpha value is -1.59. The number of carbonyl (C=O) groups excluding carboxylic acids is 1. The Morgan fingerprint density at radius 1 is 1.26 bits per heavy atom. The van der Waals surface area contributed by atoms with Gasteiger partial charge in [-0.05, 0) is 37.1 Å². The number of hydrogen-bond acceptors (Lipinski definition) is 5. The maximum Gasteiger partial charge on any atom is 0.337 e. The van der Waals surface area contributed by atoms with E-state index in [-0.39, 0.29) is 5.97 Å². The van der Waals surface area contributed by atoms with Crippen LogP contribution in [0.15, 0.2) is 24.3 Å². The normalized spacial score (nSPS) is 24.7. The van der Waals surface area contributed by atoms with Crippen LogP contribution in [0, 0.1) is 0 Å². The van der Waals surface area contributed by atoms with Gasteiger partial charge in [0, 0.05) is 19.1 Å². The summed E-state index contributed by atoms with van der Waals surface area (Å²) in [6.45, 7) is 3.39. The van der Waals surface area contributed by atoms with Crippen molar-refractivity contribution in [3.8, 4) is 5.75 Å². The summed E-state index contributed by atoms with van der Waals surface area (Å²) in [6, 6.07) is 7.65. The third kappa shape index (κ3) is 4.03. The van der Waals surface area contributed by atoms with Crippen molar-refractivity contribution in [2.45, 2.75) is 37.8 Å². The summed E-state index contributed by atoms with van der Waals surface area (Å²) in [5.41, 5.74) is 0.540. The van der Waals surface area contributed by atoms with E-state index in [0.717, 1.165) is 25.4 Å². The Balaban J connectivity index is 1.48. The number of benzene rings is 1. The highest BCUT2D eigenvalue weighted by Gasteiger charge is 2.33. The van der Waals surface area contributed by atoms with Crippen LogP contribution in [-0.2, 0) is 9.47 Å². The van der Waals surface area contributed by atoms with Gasteiger partial charge in [0.25, 0.3) is 0 Å². The fraction of sp³-hybridized carbons (Fsp3) is 0.611. The molecular weight excluding hydrogens is 294 g/mol. The molecule has 1 aliphatic carbocycles. The standard InChI is InChI=1S/C18H25NO4/c1-21-18(20)14-6-8-15(9-7-14)22-12-10-19-11-13-23-17-5-3-2-4-16(17)19/h6-9,16-17H,2-5,10-13H2,1H3/t16-,17+/m0/s1. The molecule has 0 N–H and O–H groups in total. The molecule has 5 nitrogen and oxygen atoms in total. The number of carbonyl (C=O) groups is 1. The summed E-state index contributed by atoms with van der Waals surface area (Å²) in [6.07, 6.45) is 5.43. The average molecular weight is 319 g/mol. The molecule has 1 aromatic carbocycles. The van der Waals surface area contributed by atoms with Crippen LogP contribution in [0.25, 0.3) is 0 Å². The first-order chi connectivity index (χ1) is 11.3. The zero-order valence-electron chi connectivity index (χ0n) is 13.7. The minimum Gasteiger partial charge on any atom is -0.492 e. The van der Waals surface area contributed by atoms with Gasteiger partial charge in [0.15, 0.2) is 0 Å². The highest BCUT2D eigenvalue weighted by Crippen LogP contribution is 2.28. The van der Waals surface area contributed by atoms with Crippen LogP contribution in [0.5, 0.6) is 5.75 Å². The molecule has 2 fully saturated rings. The van der Waals surface area contributed by atoms with E-state index in [9.17, 15) is 4.79 Å². The minimum atomic E-state index is -0.326. The summed E-state index contributed by atoms with van der Waals surface area (Å²) in [4.78, 5) is 13.9. The lowest BCUT2D eigenvalue weighted by Crippen LogP contribution is -2.53. The third-order valence-electron chi connectivity index (χ3n) is 4.77. The fourth-order valence-electron chi connectivity index (χ4n) is 3.54. The number of fused-ring (bicyclic) bond motifs is 1.